The summed E-state index contributed by atoms with van der Waals surface area (Å²) in [5.41, 5.74) is -0.324. The molecule has 33 heavy (non-hydrogen) atoms. The van der Waals surface area contributed by atoms with Crippen LogP contribution < -0.4 is 10.6 Å². The maximum atomic E-state index is 13.8. The fourth-order valence-electron chi connectivity index (χ4n) is 4.30. The Morgan fingerprint density at radius 1 is 1.15 bits per heavy atom. The number of fused-ring (bicyclic) bond motifs is 1. The molecule has 1 aliphatic carbocycles. The molecule has 0 bridgehead atoms. The minimum Gasteiger partial charge on any atom is -0.382 e. The smallest absolute Gasteiger partial charge is 0.382 e. The lowest BCUT2D eigenvalue weighted by molar-refractivity contribution is -0.140. The van der Waals surface area contributed by atoms with Crippen molar-refractivity contribution in [3.63, 3.8) is 0 Å². The molecule has 2 N–H and O–H groups in total. The van der Waals surface area contributed by atoms with Crippen molar-refractivity contribution in [2.75, 3.05) is 5.32 Å². The second-order valence-corrected chi connectivity index (χ2v) is 8.65. The van der Waals surface area contributed by atoms with Crippen LogP contribution in [0.4, 0.5) is 23.2 Å². The number of nitrogens with zero attached hydrogens (tertiary/aromatic N) is 3. The number of nitrogens with one attached hydrogen (secondary N) is 2. The van der Waals surface area contributed by atoms with Gasteiger partial charge in [-0.25, -0.2) is 9.37 Å². The lowest BCUT2D eigenvalue weighted by Crippen LogP contribution is -2.42. The topological polar surface area (TPSA) is 71.8 Å². The molecule has 2 aromatic heterocycles. The molecule has 1 fully saturated rings. The lowest BCUT2D eigenvalue weighted by atomic mass is 9.90. The molecule has 6 nitrogen and oxygen atoms in total. The van der Waals surface area contributed by atoms with Crippen molar-refractivity contribution < 1.29 is 22.4 Å². The summed E-state index contributed by atoms with van der Waals surface area (Å²) >= 11 is 0. The average molecular weight is 463 g/mol. The highest BCUT2D eigenvalue weighted by molar-refractivity contribution is 5.93. The minimum atomic E-state index is -4.62. The number of carbonyl (C=O) groups is 1. The zero-order valence-electron chi connectivity index (χ0n) is 18.3. The summed E-state index contributed by atoms with van der Waals surface area (Å²) in [7, 11) is 0. The summed E-state index contributed by atoms with van der Waals surface area (Å²) in [6.45, 7) is 3.86. The summed E-state index contributed by atoms with van der Waals surface area (Å²) in [4.78, 5) is 16.4. The van der Waals surface area contributed by atoms with Crippen LogP contribution in [0.2, 0.25) is 0 Å². The van der Waals surface area contributed by atoms with E-state index in [-0.39, 0.29) is 40.6 Å². The van der Waals surface area contributed by atoms with Crippen LogP contribution in [0.1, 0.15) is 61.8 Å². The standard InChI is InChI=1S/C23H25F4N5O/c1-13(2)32-20(8-9-28-32)22(33)30-16-5-3-4-15(11-16)29-19-12-21(23(25,26)27)31-18-7-6-14(24)10-17(18)19/h6-10,12-13,15-16H,3-5,11H2,1-2H3,(H,29,31)(H,30,33)/t15-,16+/m0/s1. The summed E-state index contributed by atoms with van der Waals surface area (Å²) in [5, 5.41) is 10.6. The Balaban J connectivity index is 1.53. The van der Waals surface area contributed by atoms with Crippen molar-refractivity contribution in [3.8, 4) is 0 Å². The number of benzene rings is 1. The van der Waals surface area contributed by atoms with Gasteiger partial charge in [-0.15, -0.1) is 0 Å². The number of amides is 1. The number of alkyl halides is 3. The molecule has 0 radical (unpaired) electrons. The van der Waals surface area contributed by atoms with Crippen LogP contribution in [-0.4, -0.2) is 32.8 Å². The second-order valence-electron chi connectivity index (χ2n) is 8.65. The van der Waals surface area contributed by atoms with Crippen LogP contribution in [0.3, 0.4) is 0 Å². The largest absolute Gasteiger partial charge is 0.433 e. The highest BCUT2D eigenvalue weighted by Gasteiger charge is 2.34. The molecule has 0 saturated heterocycles. The fourth-order valence-corrected chi connectivity index (χ4v) is 4.30. The van der Waals surface area contributed by atoms with E-state index in [1.54, 1.807) is 16.9 Å². The van der Waals surface area contributed by atoms with E-state index in [0.29, 0.717) is 12.1 Å². The Kier molecular flexibility index (Phi) is 6.27. The quantitative estimate of drug-likeness (QED) is 0.502. The van der Waals surface area contributed by atoms with E-state index in [9.17, 15) is 22.4 Å². The van der Waals surface area contributed by atoms with Crippen molar-refractivity contribution in [1.82, 2.24) is 20.1 Å². The van der Waals surface area contributed by atoms with Gasteiger partial charge in [-0.3, -0.25) is 9.48 Å². The first-order valence-electron chi connectivity index (χ1n) is 10.9. The third-order valence-corrected chi connectivity index (χ3v) is 5.82. The first-order valence-corrected chi connectivity index (χ1v) is 10.9. The van der Waals surface area contributed by atoms with Gasteiger partial charge in [0.25, 0.3) is 5.91 Å². The van der Waals surface area contributed by atoms with Crippen molar-refractivity contribution in [2.45, 2.75) is 63.8 Å². The van der Waals surface area contributed by atoms with Gasteiger partial charge >= 0.3 is 6.18 Å². The number of anilines is 1. The van der Waals surface area contributed by atoms with Crippen molar-refractivity contribution in [3.05, 3.63) is 53.7 Å². The zero-order chi connectivity index (χ0) is 23.8. The van der Waals surface area contributed by atoms with Crippen LogP contribution in [-0.2, 0) is 6.18 Å². The molecule has 4 rings (SSSR count). The third-order valence-electron chi connectivity index (χ3n) is 5.82. The van der Waals surface area contributed by atoms with E-state index >= 15 is 0 Å². The van der Waals surface area contributed by atoms with Crippen molar-refractivity contribution >= 4 is 22.5 Å². The molecule has 10 heteroatoms. The molecule has 1 saturated carbocycles. The summed E-state index contributed by atoms with van der Waals surface area (Å²) in [5.74, 6) is -0.787. The van der Waals surface area contributed by atoms with Gasteiger partial charge in [-0.1, -0.05) is 0 Å². The molecule has 0 unspecified atom stereocenters. The normalized spacial score (nSPS) is 19.1. The van der Waals surface area contributed by atoms with Crippen LogP contribution in [0, 0.1) is 5.82 Å². The molecule has 1 aliphatic rings. The van der Waals surface area contributed by atoms with E-state index in [0.717, 1.165) is 31.4 Å². The van der Waals surface area contributed by atoms with Crippen molar-refractivity contribution in [2.24, 2.45) is 0 Å². The molecule has 0 spiro atoms. The summed E-state index contributed by atoms with van der Waals surface area (Å²) in [6, 6.07) is 5.79. The Morgan fingerprint density at radius 2 is 1.91 bits per heavy atom. The van der Waals surface area contributed by atoms with Gasteiger partial charge in [0.05, 0.1) is 5.52 Å². The Morgan fingerprint density at radius 3 is 2.64 bits per heavy atom. The molecule has 176 valence electrons. The van der Waals surface area contributed by atoms with Gasteiger partial charge in [0.15, 0.2) is 0 Å². The predicted octanol–water partition coefficient (Wildman–Crippen LogP) is 5.32. The molecule has 1 aromatic carbocycles. The van der Waals surface area contributed by atoms with E-state index in [1.807, 2.05) is 13.8 Å². The van der Waals surface area contributed by atoms with Gasteiger partial charge in [-0.05, 0) is 69.9 Å². The monoisotopic (exact) mass is 463 g/mol. The highest BCUT2D eigenvalue weighted by Crippen LogP contribution is 2.34. The van der Waals surface area contributed by atoms with Crippen LogP contribution in [0.15, 0.2) is 36.5 Å². The van der Waals surface area contributed by atoms with Crippen LogP contribution >= 0.6 is 0 Å². The van der Waals surface area contributed by atoms with Crippen LogP contribution in [0.25, 0.3) is 10.9 Å². The van der Waals surface area contributed by atoms with E-state index in [1.165, 1.54) is 12.1 Å². The molecule has 3 aromatic rings. The first-order chi connectivity index (χ1) is 15.6. The second kappa shape index (κ2) is 8.99. The summed E-state index contributed by atoms with van der Waals surface area (Å²) in [6.07, 6.45) is -0.249. The number of hydrogen-bond donors (Lipinski definition) is 2. The molecule has 2 atom stereocenters. The number of rotatable bonds is 5. The predicted molar refractivity (Wildman–Crippen MR) is 116 cm³/mol. The first kappa shape index (κ1) is 23.0. The molecule has 2 heterocycles. The van der Waals surface area contributed by atoms with E-state index < -0.39 is 17.7 Å². The van der Waals surface area contributed by atoms with Gasteiger partial charge in [-0.2, -0.15) is 18.3 Å². The maximum absolute atomic E-state index is 13.8. The van der Waals surface area contributed by atoms with E-state index in [4.69, 9.17) is 0 Å². The van der Waals surface area contributed by atoms with Gasteiger partial charge in [0.1, 0.15) is 17.2 Å². The van der Waals surface area contributed by atoms with Crippen LogP contribution in [0.5, 0.6) is 0 Å². The number of pyridine rings is 1. The fraction of sp³-hybridized carbons (Fsp3) is 0.435. The average Bonchev–Trinajstić information content (AvgIpc) is 3.24. The Hall–Kier alpha value is -3.17. The van der Waals surface area contributed by atoms with Gasteiger partial charge in [0.2, 0.25) is 0 Å². The molecule has 1 amide bonds. The number of halogens is 4. The third kappa shape index (κ3) is 5.09. The van der Waals surface area contributed by atoms with Crippen molar-refractivity contribution in [1.29, 1.82) is 0 Å². The molecular formula is C23H25F4N5O. The Bertz CT molecular complexity index is 1160. The molecular weight excluding hydrogens is 438 g/mol. The zero-order valence-corrected chi connectivity index (χ0v) is 18.3. The highest BCUT2D eigenvalue weighted by atomic mass is 19.4. The summed E-state index contributed by atoms with van der Waals surface area (Å²) < 4.78 is 55.6. The Labute approximate surface area is 188 Å². The van der Waals surface area contributed by atoms with Gasteiger partial charge < -0.3 is 10.6 Å². The number of carbonyl (C=O) groups excluding carboxylic acids is 1. The van der Waals surface area contributed by atoms with Gasteiger partial charge in [0, 0.05) is 35.4 Å². The number of hydrogen-bond acceptors (Lipinski definition) is 4. The lowest BCUT2D eigenvalue weighted by Gasteiger charge is -2.31. The number of aromatic nitrogens is 3. The molecule has 0 aliphatic heterocycles. The minimum absolute atomic E-state index is 0.0321. The van der Waals surface area contributed by atoms with E-state index in [2.05, 4.69) is 20.7 Å². The maximum Gasteiger partial charge on any atom is 0.433 e. The SMILES string of the molecule is CC(C)n1nccc1C(=O)N[C@@H]1CCC[C@H](Nc2cc(C(F)(F)F)nc3ccc(F)cc23)C1.